The zero-order valence-corrected chi connectivity index (χ0v) is 17.5. The lowest BCUT2D eigenvalue weighted by molar-refractivity contribution is 0.0475. The van der Waals surface area contributed by atoms with Gasteiger partial charge in [0.1, 0.15) is 0 Å². The predicted octanol–water partition coefficient (Wildman–Crippen LogP) is 3.45. The highest BCUT2D eigenvalue weighted by atomic mass is 32.2. The molecule has 0 N–H and O–H groups in total. The standard InChI is InChI=1S/C20H23NO5S2/c1-14-10-15(2)12-21(11-14)28(24,25)17-7-5-16(6-8-17)20(23)26-13-18(22)19-4-3-9-27-19/h3-9,14-15H,10-13H2,1-2H3/t14-,15+. The van der Waals surface area contributed by atoms with Crippen molar-refractivity contribution < 1.29 is 22.7 Å². The van der Waals surface area contributed by atoms with Crippen LogP contribution in [-0.4, -0.2) is 44.2 Å². The van der Waals surface area contributed by atoms with E-state index in [2.05, 4.69) is 13.8 Å². The summed E-state index contributed by atoms with van der Waals surface area (Å²) in [5.74, 6) is -0.299. The summed E-state index contributed by atoms with van der Waals surface area (Å²) in [6.07, 6.45) is 1.01. The third kappa shape index (κ3) is 4.68. The summed E-state index contributed by atoms with van der Waals surface area (Å²) in [4.78, 5) is 24.7. The van der Waals surface area contributed by atoms with Crippen LogP contribution >= 0.6 is 11.3 Å². The Balaban J connectivity index is 1.65. The average Bonchev–Trinajstić information content (AvgIpc) is 3.20. The van der Waals surface area contributed by atoms with E-state index in [-0.39, 0.29) is 22.8 Å². The Morgan fingerprint density at radius 3 is 2.32 bits per heavy atom. The van der Waals surface area contributed by atoms with Gasteiger partial charge in [0.05, 0.1) is 15.3 Å². The van der Waals surface area contributed by atoms with Gasteiger partial charge in [-0.1, -0.05) is 19.9 Å². The minimum Gasteiger partial charge on any atom is -0.454 e. The van der Waals surface area contributed by atoms with Gasteiger partial charge in [0.15, 0.2) is 6.61 Å². The van der Waals surface area contributed by atoms with E-state index in [0.717, 1.165) is 6.42 Å². The van der Waals surface area contributed by atoms with Crippen molar-refractivity contribution in [3.63, 3.8) is 0 Å². The van der Waals surface area contributed by atoms with Gasteiger partial charge in [-0.15, -0.1) is 11.3 Å². The smallest absolute Gasteiger partial charge is 0.338 e. The van der Waals surface area contributed by atoms with Gasteiger partial charge in [0, 0.05) is 13.1 Å². The first-order valence-corrected chi connectivity index (χ1v) is 11.4. The van der Waals surface area contributed by atoms with Crippen molar-refractivity contribution >= 4 is 33.1 Å². The highest BCUT2D eigenvalue weighted by Gasteiger charge is 2.31. The lowest BCUT2D eigenvalue weighted by Crippen LogP contribution is -2.42. The number of nitrogens with zero attached hydrogens (tertiary/aromatic N) is 1. The van der Waals surface area contributed by atoms with Crippen molar-refractivity contribution in [2.24, 2.45) is 11.8 Å². The normalized spacial score (nSPS) is 20.6. The van der Waals surface area contributed by atoms with Crippen LogP contribution < -0.4 is 0 Å². The first-order chi connectivity index (χ1) is 13.3. The van der Waals surface area contributed by atoms with E-state index in [1.54, 1.807) is 17.5 Å². The highest BCUT2D eigenvalue weighted by molar-refractivity contribution is 7.89. The van der Waals surface area contributed by atoms with Crippen molar-refractivity contribution in [2.45, 2.75) is 25.2 Å². The van der Waals surface area contributed by atoms with Gasteiger partial charge in [0.25, 0.3) is 0 Å². The second-order valence-electron chi connectivity index (χ2n) is 7.27. The number of carbonyl (C=O) groups excluding carboxylic acids is 2. The Morgan fingerprint density at radius 1 is 1.11 bits per heavy atom. The molecule has 0 radical (unpaired) electrons. The van der Waals surface area contributed by atoms with E-state index in [1.807, 2.05) is 0 Å². The monoisotopic (exact) mass is 421 g/mol. The Morgan fingerprint density at radius 2 is 1.75 bits per heavy atom. The van der Waals surface area contributed by atoms with Crippen LogP contribution in [0.15, 0.2) is 46.7 Å². The van der Waals surface area contributed by atoms with Crippen molar-refractivity contribution in [1.29, 1.82) is 0 Å². The maximum atomic E-state index is 12.9. The molecular weight excluding hydrogens is 398 g/mol. The van der Waals surface area contributed by atoms with Crippen LogP contribution in [0.4, 0.5) is 0 Å². The number of thiophene rings is 1. The molecule has 6 nitrogen and oxygen atoms in total. The number of ether oxygens (including phenoxy) is 1. The van der Waals surface area contributed by atoms with Crippen molar-refractivity contribution in [3.05, 3.63) is 52.2 Å². The molecule has 0 amide bonds. The predicted molar refractivity (Wildman–Crippen MR) is 107 cm³/mol. The first-order valence-electron chi connectivity index (χ1n) is 9.11. The second-order valence-corrected chi connectivity index (χ2v) is 10.2. The number of esters is 1. The minimum absolute atomic E-state index is 0.153. The lowest BCUT2D eigenvalue weighted by atomic mass is 9.94. The molecule has 0 aliphatic carbocycles. The Labute approximate surface area is 169 Å². The fourth-order valence-electron chi connectivity index (χ4n) is 3.44. The second kappa shape index (κ2) is 8.55. The molecule has 2 heterocycles. The van der Waals surface area contributed by atoms with E-state index in [9.17, 15) is 18.0 Å². The SMILES string of the molecule is C[C@@H]1C[C@H](C)CN(S(=O)(=O)c2ccc(C(=O)OCC(=O)c3cccs3)cc2)C1. The molecule has 1 fully saturated rings. The van der Waals surface area contributed by atoms with Gasteiger partial charge in [-0.05, 0) is 54.0 Å². The van der Waals surface area contributed by atoms with Crippen molar-refractivity contribution in [2.75, 3.05) is 19.7 Å². The molecular formula is C20H23NO5S2. The van der Waals surface area contributed by atoms with Crippen LogP contribution in [0.2, 0.25) is 0 Å². The van der Waals surface area contributed by atoms with Crippen LogP contribution in [0.25, 0.3) is 0 Å². The number of sulfonamides is 1. The summed E-state index contributed by atoms with van der Waals surface area (Å²) in [6, 6.07) is 9.09. The number of piperidine rings is 1. The summed E-state index contributed by atoms with van der Waals surface area (Å²) >= 11 is 1.28. The third-order valence-electron chi connectivity index (χ3n) is 4.69. The average molecular weight is 422 g/mol. The van der Waals surface area contributed by atoms with Crippen LogP contribution in [0.1, 0.15) is 40.3 Å². The number of benzene rings is 1. The van der Waals surface area contributed by atoms with Crippen molar-refractivity contribution in [3.8, 4) is 0 Å². The number of hydrogen-bond acceptors (Lipinski definition) is 6. The van der Waals surface area contributed by atoms with Gasteiger partial charge < -0.3 is 4.74 Å². The van der Waals surface area contributed by atoms with Gasteiger partial charge in [-0.25, -0.2) is 13.2 Å². The first kappa shape index (κ1) is 20.7. The zero-order valence-electron chi connectivity index (χ0n) is 15.8. The van der Waals surface area contributed by atoms with Gasteiger partial charge in [-0.3, -0.25) is 4.79 Å². The molecule has 0 saturated carbocycles. The maximum absolute atomic E-state index is 12.9. The van der Waals surface area contributed by atoms with Crippen molar-refractivity contribution in [1.82, 2.24) is 4.31 Å². The van der Waals surface area contributed by atoms with E-state index in [4.69, 9.17) is 4.74 Å². The number of hydrogen-bond donors (Lipinski definition) is 0. The summed E-state index contributed by atoms with van der Waals surface area (Å²) in [5.41, 5.74) is 0.207. The Kier molecular flexibility index (Phi) is 6.32. The fourth-order valence-corrected chi connectivity index (χ4v) is 5.77. The molecule has 150 valence electrons. The van der Waals surface area contributed by atoms with Gasteiger partial charge in [-0.2, -0.15) is 4.31 Å². The molecule has 3 rings (SSSR count). The fraction of sp³-hybridized carbons (Fsp3) is 0.400. The molecule has 0 bridgehead atoms. The molecule has 0 unspecified atom stereocenters. The van der Waals surface area contributed by atoms with Crippen LogP contribution in [0, 0.1) is 11.8 Å². The highest BCUT2D eigenvalue weighted by Crippen LogP contribution is 2.26. The Hall–Kier alpha value is -2.03. The number of rotatable bonds is 6. The van der Waals surface area contributed by atoms with E-state index in [0.29, 0.717) is 29.8 Å². The van der Waals surface area contributed by atoms with Crippen LogP contribution in [-0.2, 0) is 14.8 Å². The Bertz CT molecular complexity index is 925. The summed E-state index contributed by atoms with van der Waals surface area (Å²) in [5, 5.41) is 1.78. The molecule has 8 heteroatoms. The minimum atomic E-state index is -3.60. The lowest BCUT2D eigenvalue weighted by Gasteiger charge is -2.34. The molecule has 0 spiro atoms. The molecule has 1 saturated heterocycles. The maximum Gasteiger partial charge on any atom is 0.338 e. The van der Waals surface area contributed by atoms with Gasteiger partial charge >= 0.3 is 5.97 Å². The molecule has 1 aliphatic heterocycles. The molecule has 1 aromatic heterocycles. The molecule has 2 aromatic rings. The quantitative estimate of drug-likeness (QED) is 0.527. The van der Waals surface area contributed by atoms with Crippen LogP contribution in [0.5, 0.6) is 0 Å². The largest absolute Gasteiger partial charge is 0.454 e. The molecule has 2 atom stereocenters. The van der Waals surface area contributed by atoms with E-state index in [1.165, 1.54) is 39.9 Å². The third-order valence-corrected chi connectivity index (χ3v) is 7.45. The van der Waals surface area contributed by atoms with Crippen LogP contribution in [0.3, 0.4) is 0 Å². The topological polar surface area (TPSA) is 80.8 Å². The number of carbonyl (C=O) groups is 2. The summed E-state index contributed by atoms with van der Waals surface area (Å²) < 4.78 is 32.3. The number of Topliss-reactive ketones (excluding diaryl/α,β-unsaturated/α-hetero) is 1. The zero-order chi connectivity index (χ0) is 20.3. The summed E-state index contributed by atoms with van der Waals surface area (Å²) in [6.45, 7) is 4.76. The van der Waals surface area contributed by atoms with E-state index < -0.39 is 16.0 Å². The molecule has 1 aromatic carbocycles. The molecule has 28 heavy (non-hydrogen) atoms. The number of ketones is 1. The summed E-state index contributed by atoms with van der Waals surface area (Å²) in [7, 11) is -3.60. The van der Waals surface area contributed by atoms with E-state index >= 15 is 0 Å². The van der Waals surface area contributed by atoms with Gasteiger partial charge in [0.2, 0.25) is 15.8 Å². The molecule has 1 aliphatic rings.